The average molecular weight is 125 g/mol. The van der Waals surface area contributed by atoms with E-state index in [0.29, 0.717) is 0 Å². The van der Waals surface area contributed by atoms with Gasteiger partial charge < -0.3 is 0 Å². The molecule has 0 nitrogen and oxygen atoms in total. The van der Waals surface area contributed by atoms with Gasteiger partial charge in [-0.1, -0.05) is 19.9 Å². The smallest absolute Gasteiger partial charge is 0.0471 e. The number of hydrogen-bond acceptors (Lipinski definition) is 0. The van der Waals surface area contributed by atoms with Gasteiger partial charge >= 0.3 is 0 Å². The monoisotopic (exact) mass is 125 g/mol. The summed E-state index contributed by atoms with van der Waals surface area (Å²) in [6.45, 7) is 6.52. The molecule has 0 fully saturated rings. The Bertz CT molecular complexity index is 154. The van der Waals surface area contributed by atoms with Crippen molar-refractivity contribution in [2.45, 2.75) is 20.8 Å². The van der Waals surface area contributed by atoms with Crippen molar-refractivity contribution >= 4 is 13.5 Å². The van der Waals surface area contributed by atoms with E-state index in [2.05, 4.69) is 26.8 Å². The zero-order valence-corrected chi connectivity index (χ0v) is 6.42. The molecule has 1 aliphatic rings. The van der Waals surface area contributed by atoms with E-state index in [0.717, 1.165) is 0 Å². The van der Waals surface area contributed by atoms with E-state index in [9.17, 15) is 0 Å². The van der Waals surface area contributed by atoms with Crippen LogP contribution in [0, 0.1) is 5.66 Å². The minimum atomic E-state index is 1.42. The maximum absolute atomic E-state index is 2.25. The van der Waals surface area contributed by atoms with Gasteiger partial charge in [-0.25, -0.2) is 0 Å². The van der Waals surface area contributed by atoms with Crippen molar-refractivity contribution in [1.82, 2.24) is 0 Å². The fraction of sp³-hybridized carbons (Fsp3) is 0.429. The van der Waals surface area contributed by atoms with E-state index in [1.54, 1.807) is 0 Å². The summed E-state index contributed by atoms with van der Waals surface area (Å²) in [7, 11) is 1.42. The molecular formula is C7H10P. The Morgan fingerprint density at radius 1 is 1.25 bits per heavy atom. The van der Waals surface area contributed by atoms with E-state index in [-0.39, 0.29) is 0 Å². The summed E-state index contributed by atoms with van der Waals surface area (Å²) in [5.74, 6) is 0. The summed E-state index contributed by atoms with van der Waals surface area (Å²) in [4.78, 5) is 0. The Hall–Kier alpha value is -0.0900. The summed E-state index contributed by atoms with van der Waals surface area (Å²) in [6, 6.07) is 0. The predicted octanol–water partition coefficient (Wildman–Crippen LogP) is 2.64. The molecular weight excluding hydrogens is 115 g/mol. The zero-order chi connectivity index (χ0) is 6.15. The molecule has 0 amide bonds. The molecule has 0 aliphatic carbocycles. The predicted molar refractivity (Wildman–Crippen MR) is 40.3 cm³/mol. The van der Waals surface area contributed by atoms with E-state index in [1.807, 2.05) is 0 Å². The molecule has 0 bridgehead atoms. The second-order valence-corrected chi connectivity index (χ2v) is 3.77. The summed E-state index contributed by atoms with van der Waals surface area (Å²) < 4.78 is 0. The third-order valence-electron chi connectivity index (χ3n) is 1.34. The van der Waals surface area contributed by atoms with Crippen LogP contribution in [0.5, 0.6) is 0 Å². The Labute approximate surface area is 52.4 Å². The fourth-order valence-corrected chi connectivity index (χ4v) is 1.83. The molecule has 0 spiro atoms. The van der Waals surface area contributed by atoms with Crippen LogP contribution in [0.4, 0.5) is 0 Å². The zero-order valence-electron chi connectivity index (χ0n) is 5.52. The third-order valence-corrected chi connectivity index (χ3v) is 2.51. The Kier molecular flexibility index (Phi) is 1.53. The summed E-state index contributed by atoms with van der Waals surface area (Å²) in [5.41, 5.74) is 2.95. The molecule has 0 atom stereocenters. The molecule has 0 saturated carbocycles. The van der Waals surface area contributed by atoms with Crippen LogP contribution < -0.4 is 0 Å². The van der Waals surface area contributed by atoms with Gasteiger partial charge in [0.25, 0.3) is 0 Å². The Morgan fingerprint density at radius 3 is 2.00 bits per heavy atom. The molecule has 0 aromatic rings. The van der Waals surface area contributed by atoms with Crippen LogP contribution in [0.15, 0.2) is 11.6 Å². The lowest BCUT2D eigenvalue weighted by atomic mass is 10.2. The van der Waals surface area contributed by atoms with Crippen molar-refractivity contribution in [3.63, 3.8) is 0 Å². The van der Waals surface area contributed by atoms with Crippen molar-refractivity contribution in [2.24, 2.45) is 0 Å². The third kappa shape index (κ3) is 1.00. The molecule has 1 heterocycles. The van der Waals surface area contributed by atoms with Crippen LogP contribution in [-0.4, -0.2) is 5.29 Å². The van der Waals surface area contributed by atoms with Gasteiger partial charge in [0.2, 0.25) is 0 Å². The molecule has 8 heavy (non-hydrogen) atoms. The van der Waals surface area contributed by atoms with Crippen LogP contribution >= 0.6 is 8.20 Å². The average Bonchev–Trinajstić information content (AvgIpc) is 1.85. The van der Waals surface area contributed by atoms with Gasteiger partial charge in [-0.3, -0.25) is 0 Å². The summed E-state index contributed by atoms with van der Waals surface area (Å²) in [5, 5.41) is 1.47. The van der Waals surface area contributed by atoms with Crippen molar-refractivity contribution in [3.05, 3.63) is 17.3 Å². The maximum atomic E-state index is 2.25. The Morgan fingerprint density at radius 2 is 1.88 bits per heavy atom. The molecule has 1 heteroatoms. The van der Waals surface area contributed by atoms with Gasteiger partial charge in [-0.05, 0) is 26.1 Å². The highest BCUT2D eigenvalue weighted by molar-refractivity contribution is 7.45. The van der Waals surface area contributed by atoms with Gasteiger partial charge in [-0.2, -0.15) is 0 Å². The first-order valence-corrected chi connectivity index (χ1v) is 3.67. The minimum absolute atomic E-state index is 1.42. The van der Waals surface area contributed by atoms with Crippen LogP contribution in [0.25, 0.3) is 0 Å². The minimum Gasteiger partial charge on any atom is -0.0886 e. The van der Waals surface area contributed by atoms with Gasteiger partial charge in [0.15, 0.2) is 0 Å². The van der Waals surface area contributed by atoms with Gasteiger partial charge in [0.1, 0.15) is 0 Å². The lowest BCUT2D eigenvalue weighted by Crippen LogP contribution is -1.75. The van der Waals surface area contributed by atoms with E-state index < -0.39 is 0 Å². The fourth-order valence-electron chi connectivity index (χ4n) is 0.803. The van der Waals surface area contributed by atoms with Gasteiger partial charge in [0.05, 0.1) is 0 Å². The van der Waals surface area contributed by atoms with Crippen LogP contribution in [-0.2, 0) is 0 Å². The lowest BCUT2D eigenvalue weighted by molar-refractivity contribution is 1.32. The first kappa shape index (κ1) is 6.04. The summed E-state index contributed by atoms with van der Waals surface area (Å²) in [6.07, 6.45) is 2.25. The standard InChI is InChI=1S/C7H10P/c1-5-4-6(2)8-7(5)3/h4H,1-3H3. The van der Waals surface area contributed by atoms with Crippen LogP contribution in [0.1, 0.15) is 20.8 Å². The number of allylic oxidation sites excluding steroid dienone is 2. The second-order valence-electron chi connectivity index (χ2n) is 2.17. The molecule has 0 saturated heterocycles. The molecule has 0 aromatic heterocycles. The van der Waals surface area contributed by atoms with Gasteiger partial charge in [-0.15, -0.1) is 0 Å². The highest BCUT2D eigenvalue weighted by atomic mass is 31.1. The van der Waals surface area contributed by atoms with E-state index >= 15 is 0 Å². The van der Waals surface area contributed by atoms with Crippen LogP contribution in [0.3, 0.4) is 0 Å². The molecule has 1 radical (unpaired) electrons. The molecule has 0 unspecified atom stereocenters. The number of rotatable bonds is 0. The lowest BCUT2D eigenvalue weighted by Gasteiger charge is -1.94. The first-order chi connectivity index (χ1) is 3.70. The van der Waals surface area contributed by atoms with Crippen molar-refractivity contribution in [3.8, 4) is 0 Å². The first-order valence-electron chi connectivity index (χ1n) is 2.77. The molecule has 0 aromatic carbocycles. The topological polar surface area (TPSA) is 0 Å². The molecule has 1 rings (SSSR count). The highest BCUT2D eigenvalue weighted by Gasteiger charge is 2.07. The quantitative estimate of drug-likeness (QED) is 0.436. The van der Waals surface area contributed by atoms with E-state index in [4.69, 9.17) is 0 Å². The Balaban J connectivity index is 2.78. The van der Waals surface area contributed by atoms with Crippen molar-refractivity contribution in [1.29, 1.82) is 0 Å². The largest absolute Gasteiger partial charge is 0.0886 e. The SMILES string of the molecule is C[C]1P=C(C)C=C1C. The van der Waals surface area contributed by atoms with Crippen LogP contribution in [0.2, 0.25) is 0 Å². The normalized spacial score (nSPS) is 22.9. The van der Waals surface area contributed by atoms with E-state index in [1.165, 1.54) is 24.7 Å². The number of hydrogen-bond donors (Lipinski definition) is 0. The maximum Gasteiger partial charge on any atom is 0.0471 e. The molecule has 1 aliphatic heterocycles. The molecule has 0 N–H and O–H groups in total. The highest BCUT2D eigenvalue weighted by Crippen LogP contribution is 2.32. The van der Waals surface area contributed by atoms with Gasteiger partial charge in [0, 0.05) is 5.66 Å². The van der Waals surface area contributed by atoms with Crippen molar-refractivity contribution < 1.29 is 0 Å². The second kappa shape index (κ2) is 2.03. The summed E-state index contributed by atoms with van der Waals surface area (Å²) >= 11 is 0. The van der Waals surface area contributed by atoms with Crippen molar-refractivity contribution in [2.75, 3.05) is 0 Å². The molecule has 43 valence electrons.